The first-order chi connectivity index (χ1) is 12.4. The molecule has 1 aromatic carbocycles. The van der Waals surface area contributed by atoms with Gasteiger partial charge < -0.3 is 15.6 Å². The van der Waals surface area contributed by atoms with Gasteiger partial charge in [-0.1, -0.05) is 0 Å². The molecule has 0 saturated heterocycles. The number of carbonyl (C=O) groups is 1. The highest BCUT2D eigenvalue weighted by molar-refractivity contribution is 5.94. The molecule has 3 N–H and O–H groups in total. The van der Waals surface area contributed by atoms with Crippen molar-refractivity contribution in [1.29, 1.82) is 5.26 Å². The highest BCUT2D eigenvalue weighted by Gasteiger charge is 2.15. The highest BCUT2D eigenvalue weighted by atomic mass is 16.1. The average molecular weight is 348 g/mol. The summed E-state index contributed by atoms with van der Waals surface area (Å²) >= 11 is 0. The van der Waals surface area contributed by atoms with Crippen LogP contribution in [0.2, 0.25) is 0 Å². The van der Waals surface area contributed by atoms with E-state index in [-0.39, 0.29) is 5.91 Å². The van der Waals surface area contributed by atoms with Crippen molar-refractivity contribution in [2.45, 2.75) is 27.3 Å². The number of aryl methyl sites for hydroxylation is 3. The Morgan fingerprint density at radius 3 is 2.58 bits per heavy atom. The third kappa shape index (κ3) is 3.09. The fraction of sp³-hybridized carbons (Fsp3) is 0.263. The first-order valence-corrected chi connectivity index (χ1v) is 8.30. The summed E-state index contributed by atoms with van der Waals surface area (Å²) in [5.74, 6) is 1.08. The topological polar surface area (TPSA) is 110 Å². The van der Waals surface area contributed by atoms with Crippen molar-refractivity contribution in [1.82, 2.24) is 19.9 Å². The molecule has 0 aliphatic rings. The van der Waals surface area contributed by atoms with Crippen LogP contribution in [0.25, 0.3) is 11.0 Å². The first-order valence-electron chi connectivity index (χ1n) is 8.30. The minimum absolute atomic E-state index is 0.175. The molecule has 0 spiro atoms. The van der Waals surface area contributed by atoms with Crippen LogP contribution in [0.5, 0.6) is 0 Å². The number of pyridine rings is 1. The van der Waals surface area contributed by atoms with E-state index in [2.05, 4.69) is 19.9 Å². The maximum absolute atomic E-state index is 12.2. The van der Waals surface area contributed by atoms with Gasteiger partial charge in [0, 0.05) is 24.3 Å². The molecule has 7 heteroatoms. The van der Waals surface area contributed by atoms with Gasteiger partial charge in [-0.05, 0) is 50.6 Å². The minimum Gasteiger partial charge on any atom is -0.382 e. The number of aromatic nitrogens is 3. The summed E-state index contributed by atoms with van der Waals surface area (Å²) in [6.45, 7) is 6.86. The van der Waals surface area contributed by atoms with E-state index in [0.29, 0.717) is 35.6 Å². The Bertz CT molecular complexity index is 1030. The largest absolute Gasteiger partial charge is 0.382 e. The van der Waals surface area contributed by atoms with Crippen LogP contribution >= 0.6 is 0 Å². The quantitative estimate of drug-likeness (QED) is 0.751. The lowest BCUT2D eigenvalue weighted by Crippen LogP contribution is -2.27. The van der Waals surface area contributed by atoms with Crippen molar-refractivity contribution in [2.24, 2.45) is 0 Å². The van der Waals surface area contributed by atoms with Gasteiger partial charge in [0.05, 0.1) is 17.1 Å². The summed E-state index contributed by atoms with van der Waals surface area (Å²) in [6.07, 6.45) is 0. The number of nitrogen functional groups attached to an aromatic ring is 1. The second-order valence-corrected chi connectivity index (χ2v) is 6.16. The molecule has 0 saturated carbocycles. The predicted molar refractivity (Wildman–Crippen MR) is 99.6 cm³/mol. The Kier molecular flexibility index (Phi) is 4.59. The van der Waals surface area contributed by atoms with Crippen LogP contribution in [0, 0.1) is 32.1 Å². The lowest BCUT2D eigenvalue weighted by molar-refractivity contribution is 0.0952. The molecule has 0 fully saturated rings. The van der Waals surface area contributed by atoms with E-state index in [1.54, 1.807) is 24.3 Å². The number of hydrogen-bond acceptors (Lipinski definition) is 5. The number of carbonyl (C=O) groups excluding carboxylic acids is 1. The Morgan fingerprint density at radius 2 is 1.92 bits per heavy atom. The molecule has 2 aromatic heterocycles. The van der Waals surface area contributed by atoms with E-state index in [0.717, 1.165) is 22.6 Å². The molecule has 2 heterocycles. The van der Waals surface area contributed by atoms with Gasteiger partial charge in [-0.25, -0.2) is 9.97 Å². The molecule has 0 atom stereocenters. The zero-order valence-electron chi connectivity index (χ0n) is 15.0. The number of benzene rings is 1. The first kappa shape index (κ1) is 17.4. The minimum atomic E-state index is -0.175. The van der Waals surface area contributed by atoms with Crippen molar-refractivity contribution in [3.8, 4) is 6.07 Å². The van der Waals surface area contributed by atoms with Crippen LogP contribution in [-0.2, 0) is 6.54 Å². The number of rotatable bonds is 4. The molecule has 0 bridgehead atoms. The molecule has 0 aliphatic carbocycles. The van der Waals surface area contributed by atoms with Crippen LogP contribution in [0.3, 0.4) is 0 Å². The van der Waals surface area contributed by atoms with Crippen molar-refractivity contribution in [2.75, 3.05) is 12.3 Å². The Hall–Kier alpha value is -3.40. The molecule has 7 nitrogen and oxygen atoms in total. The van der Waals surface area contributed by atoms with Gasteiger partial charge in [-0.15, -0.1) is 0 Å². The van der Waals surface area contributed by atoms with E-state index in [1.165, 1.54) is 0 Å². The SMILES string of the molecule is Cc1nc(N)c2nc(C)n(CCNC(=O)c3ccc(C#N)cc3)c2c1C. The molecule has 132 valence electrons. The number of imidazole rings is 1. The summed E-state index contributed by atoms with van der Waals surface area (Å²) in [6, 6.07) is 8.58. The van der Waals surface area contributed by atoms with Crippen LogP contribution in [-0.4, -0.2) is 27.0 Å². The zero-order chi connectivity index (χ0) is 18.8. The van der Waals surface area contributed by atoms with Crippen molar-refractivity contribution < 1.29 is 4.79 Å². The molecule has 26 heavy (non-hydrogen) atoms. The number of fused-ring (bicyclic) bond motifs is 1. The fourth-order valence-electron chi connectivity index (χ4n) is 2.97. The Balaban J connectivity index is 1.77. The van der Waals surface area contributed by atoms with Gasteiger partial charge in [-0.2, -0.15) is 5.26 Å². The molecule has 3 aromatic rings. The molecular formula is C19H20N6O. The molecule has 0 unspecified atom stereocenters. The van der Waals surface area contributed by atoms with Crippen molar-refractivity contribution in [3.63, 3.8) is 0 Å². The Morgan fingerprint density at radius 1 is 1.23 bits per heavy atom. The lowest BCUT2D eigenvalue weighted by atomic mass is 10.1. The van der Waals surface area contributed by atoms with E-state index < -0.39 is 0 Å². The standard InChI is InChI=1S/C19H20N6O/c1-11-12(2)23-18(21)16-17(11)25(13(3)24-16)9-8-22-19(26)15-6-4-14(10-20)5-7-15/h4-7H,8-9H2,1-3H3,(H2,21,23)(H,22,26). The second-order valence-electron chi connectivity index (χ2n) is 6.16. The Labute approximate surface area is 151 Å². The normalized spacial score (nSPS) is 10.7. The van der Waals surface area contributed by atoms with Crippen LogP contribution in [0.4, 0.5) is 5.82 Å². The van der Waals surface area contributed by atoms with E-state index in [4.69, 9.17) is 11.0 Å². The summed E-state index contributed by atoms with van der Waals surface area (Å²) in [5.41, 5.74) is 10.6. The number of amides is 1. The van der Waals surface area contributed by atoms with Gasteiger partial charge in [0.15, 0.2) is 5.82 Å². The van der Waals surface area contributed by atoms with E-state index in [9.17, 15) is 4.79 Å². The van der Waals surface area contributed by atoms with Gasteiger partial charge in [-0.3, -0.25) is 4.79 Å². The second kappa shape index (κ2) is 6.84. The monoisotopic (exact) mass is 348 g/mol. The van der Waals surface area contributed by atoms with Crippen LogP contribution in [0.1, 0.15) is 33.0 Å². The number of hydrogen-bond donors (Lipinski definition) is 2. The molecule has 1 amide bonds. The van der Waals surface area contributed by atoms with Gasteiger partial charge in [0.1, 0.15) is 11.3 Å². The summed E-state index contributed by atoms with van der Waals surface area (Å²) in [5, 5.41) is 11.7. The number of nitriles is 1. The van der Waals surface area contributed by atoms with Crippen molar-refractivity contribution in [3.05, 3.63) is 52.5 Å². The average Bonchev–Trinajstić information content (AvgIpc) is 2.97. The predicted octanol–water partition coefficient (Wildman–Crippen LogP) is 2.24. The maximum Gasteiger partial charge on any atom is 0.251 e. The third-order valence-corrected chi connectivity index (χ3v) is 4.48. The zero-order valence-corrected chi connectivity index (χ0v) is 15.0. The number of anilines is 1. The summed E-state index contributed by atoms with van der Waals surface area (Å²) in [7, 11) is 0. The van der Waals surface area contributed by atoms with Crippen molar-refractivity contribution >= 4 is 22.8 Å². The van der Waals surface area contributed by atoms with Crippen LogP contribution in [0.15, 0.2) is 24.3 Å². The van der Waals surface area contributed by atoms with E-state index in [1.807, 2.05) is 26.8 Å². The molecular weight excluding hydrogens is 328 g/mol. The molecule has 3 rings (SSSR count). The van der Waals surface area contributed by atoms with Gasteiger partial charge in [0.2, 0.25) is 0 Å². The van der Waals surface area contributed by atoms with Crippen LogP contribution < -0.4 is 11.1 Å². The van der Waals surface area contributed by atoms with E-state index >= 15 is 0 Å². The highest BCUT2D eigenvalue weighted by Crippen LogP contribution is 2.25. The molecule has 0 radical (unpaired) electrons. The summed E-state index contributed by atoms with van der Waals surface area (Å²) < 4.78 is 2.05. The van der Waals surface area contributed by atoms with Gasteiger partial charge >= 0.3 is 0 Å². The van der Waals surface area contributed by atoms with Gasteiger partial charge in [0.25, 0.3) is 5.91 Å². The number of nitrogens with two attached hydrogens (primary N) is 1. The third-order valence-electron chi connectivity index (χ3n) is 4.48. The smallest absolute Gasteiger partial charge is 0.251 e. The number of nitrogens with one attached hydrogen (secondary N) is 1. The fourth-order valence-corrected chi connectivity index (χ4v) is 2.97. The lowest BCUT2D eigenvalue weighted by Gasteiger charge is -2.11. The number of nitrogens with zero attached hydrogens (tertiary/aromatic N) is 4. The summed E-state index contributed by atoms with van der Waals surface area (Å²) in [4.78, 5) is 21.1. The molecule has 0 aliphatic heterocycles. The maximum atomic E-state index is 12.2.